The van der Waals surface area contributed by atoms with Gasteiger partial charge in [0.05, 0.1) is 0 Å². The van der Waals surface area contributed by atoms with E-state index in [4.69, 9.17) is 14.2 Å². The van der Waals surface area contributed by atoms with E-state index < -0.39 is 6.10 Å². The van der Waals surface area contributed by atoms with Crippen LogP contribution in [0.4, 0.5) is 0 Å². The third kappa shape index (κ3) is 50.2. The average molecular weight is 883 g/mol. The Labute approximate surface area is 390 Å². The molecule has 0 rings (SSSR count). The number of carbonyl (C=O) groups is 3. The zero-order valence-electron chi connectivity index (χ0n) is 41.8. The van der Waals surface area contributed by atoms with Crippen molar-refractivity contribution < 1.29 is 28.6 Å². The molecular formula is C57H102O6. The van der Waals surface area contributed by atoms with Crippen LogP contribution in [0, 0.1) is 0 Å². The largest absolute Gasteiger partial charge is 0.462 e. The maximum absolute atomic E-state index is 12.8. The van der Waals surface area contributed by atoms with Gasteiger partial charge in [0.25, 0.3) is 0 Å². The summed E-state index contributed by atoms with van der Waals surface area (Å²) in [5.74, 6) is -0.912. The first-order valence-electron chi connectivity index (χ1n) is 27.1. The molecule has 6 nitrogen and oxygen atoms in total. The lowest BCUT2D eigenvalue weighted by atomic mass is 10.0. The average Bonchev–Trinajstić information content (AvgIpc) is 3.28. The first-order valence-corrected chi connectivity index (χ1v) is 27.1. The molecule has 366 valence electrons. The molecule has 0 saturated heterocycles. The number of unbranched alkanes of at least 4 members (excludes halogenated alkanes) is 30. The van der Waals surface area contributed by atoms with Crippen molar-refractivity contribution in [3.05, 3.63) is 48.6 Å². The van der Waals surface area contributed by atoms with Crippen molar-refractivity contribution in [1.29, 1.82) is 0 Å². The van der Waals surface area contributed by atoms with E-state index in [9.17, 15) is 14.4 Å². The second-order valence-electron chi connectivity index (χ2n) is 18.1. The minimum Gasteiger partial charge on any atom is -0.462 e. The van der Waals surface area contributed by atoms with Crippen LogP contribution in [-0.4, -0.2) is 37.2 Å². The van der Waals surface area contributed by atoms with Crippen LogP contribution < -0.4 is 0 Å². The standard InChI is InChI=1S/C57H102O6/c1-4-7-10-13-16-19-22-25-27-28-30-32-35-38-41-44-47-50-56(59)62-53-54(52-61-55(58)49-46-43-40-37-34-31-24-21-18-15-12-9-6-3)63-57(60)51-48-45-42-39-36-33-29-26-23-20-17-14-11-8-5-2/h9,12,18,21,26,29,31,34,54H,4-8,10-11,13-17,19-20,22-25,27-28,30,32-33,35-53H2,1-3H3/b12-9-,21-18-,29-26-,34-31-. The molecule has 0 heterocycles. The van der Waals surface area contributed by atoms with Gasteiger partial charge in [-0.05, 0) is 77.0 Å². The second-order valence-corrected chi connectivity index (χ2v) is 18.1. The lowest BCUT2D eigenvalue weighted by Crippen LogP contribution is -2.30. The van der Waals surface area contributed by atoms with Gasteiger partial charge in [-0.3, -0.25) is 14.4 Å². The SMILES string of the molecule is CC/C=C\C/C=C\C/C=C\CCCCCC(=O)OCC(COC(=O)CCCCCCCCCCCCCCCCCCC)OC(=O)CCCCCCC/C=C\CCCCCCCC. The summed E-state index contributed by atoms with van der Waals surface area (Å²) in [5, 5.41) is 0. The van der Waals surface area contributed by atoms with Crippen molar-refractivity contribution in [3.63, 3.8) is 0 Å². The van der Waals surface area contributed by atoms with Crippen molar-refractivity contribution in [2.45, 2.75) is 284 Å². The number of rotatable bonds is 49. The summed E-state index contributed by atoms with van der Waals surface area (Å²) in [6.07, 6.45) is 62.4. The van der Waals surface area contributed by atoms with Gasteiger partial charge >= 0.3 is 17.9 Å². The molecule has 0 aliphatic carbocycles. The Morgan fingerprint density at radius 3 is 1.00 bits per heavy atom. The highest BCUT2D eigenvalue weighted by Gasteiger charge is 2.19. The minimum atomic E-state index is -0.786. The molecular weight excluding hydrogens is 781 g/mol. The molecule has 0 aromatic carbocycles. The normalized spacial score (nSPS) is 12.4. The van der Waals surface area contributed by atoms with E-state index >= 15 is 0 Å². The Morgan fingerprint density at radius 1 is 0.333 bits per heavy atom. The molecule has 0 aliphatic heterocycles. The molecule has 0 saturated carbocycles. The van der Waals surface area contributed by atoms with Crippen LogP contribution in [0.5, 0.6) is 0 Å². The van der Waals surface area contributed by atoms with Gasteiger partial charge in [-0.1, -0.05) is 230 Å². The Morgan fingerprint density at radius 2 is 0.619 bits per heavy atom. The van der Waals surface area contributed by atoms with E-state index in [1.165, 1.54) is 141 Å². The number of carbonyl (C=O) groups excluding carboxylic acids is 3. The quantitative estimate of drug-likeness (QED) is 0.0262. The van der Waals surface area contributed by atoms with Gasteiger partial charge in [-0.15, -0.1) is 0 Å². The molecule has 0 fully saturated rings. The molecule has 1 atom stereocenters. The van der Waals surface area contributed by atoms with Crippen LogP contribution in [-0.2, 0) is 28.6 Å². The first-order chi connectivity index (χ1) is 31.0. The molecule has 0 aromatic heterocycles. The Hall–Kier alpha value is -2.63. The predicted molar refractivity (Wildman–Crippen MR) is 270 cm³/mol. The van der Waals surface area contributed by atoms with Crippen molar-refractivity contribution in [1.82, 2.24) is 0 Å². The number of esters is 3. The van der Waals surface area contributed by atoms with Crippen molar-refractivity contribution in [2.24, 2.45) is 0 Å². The van der Waals surface area contributed by atoms with Crippen LogP contribution in [0.25, 0.3) is 0 Å². The molecule has 0 spiro atoms. The maximum Gasteiger partial charge on any atom is 0.306 e. The lowest BCUT2D eigenvalue weighted by molar-refractivity contribution is -0.167. The summed E-state index contributed by atoms with van der Waals surface area (Å²) in [7, 11) is 0. The predicted octanol–water partition coefficient (Wildman–Crippen LogP) is 17.9. The zero-order valence-corrected chi connectivity index (χ0v) is 41.8. The smallest absolute Gasteiger partial charge is 0.306 e. The molecule has 6 heteroatoms. The van der Waals surface area contributed by atoms with Gasteiger partial charge in [0.15, 0.2) is 6.10 Å². The third-order valence-corrected chi connectivity index (χ3v) is 11.8. The fourth-order valence-electron chi connectivity index (χ4n) is 7.75. The number of hydrogen-bond donors (Lipinski definition) is 0. The molecule has 0 bridgehead atoms. The Balaban J connectivity index is 4.38. The highest BCUT2D eigenvalue weighted by atomic mass is 16.6. The van der Waals surface area contributed by atoms with Crippen LogP contribution in [0.1, 0.15) is 278 Å². The van der Waals surface area contributed by atoms with Crippen LogP contribution in [0.15, 0.2) is 48.6 Å². The summed E-state index contributed by atoms with van der Waals surface area (Å²) < 4.78 is 16.8. The summed E-state index contributed by atoms with van der Waals surface area (Å²) in [4.78, 5) is 38.0. The van der Waals surface area contributed by atoms with Gasteiger partial charge in [-0.2, -0.15) is 0 Å². The maximum atomic E-state index is 12.8. The van der Waals surface area contributed by atoms with E-state index in [0.29, 0.717) is 19.3 Å². The van der Waals surface area contributed by atoms with E-state index in [0.717, 1.165) is 96.3 Å². The first kappa shape index (κ1) is 60.4. The highest BCUT2D eigenvalue weighted by molar-refractivity contribution is 5.71. The Kier molecular flexibility index (Phi) is 49.8. The van der Waals surface area contributed by atoms with E-state index in [-0.39, 0.29) is 31.1 Å². The van der Waals surface area contributed by atoms with E-state index in [2.05, 4.69) is 69.4 Å². The molecule has 0 amide bonds. The molecule has 63 heavy (non-hydrogen) atoms. The molecule has 0 aliphatic rings. The van der Waals surface area contributed by atoms with Crippen molar-refractivity contribution >= 4 is 17.9 Å². The fourth-order valence-corrected chi connectivity index (χ4v) is 7.75. The van der Waals surface area contributed by atoms with Gasteiger partial charge < -0.3 is 14.2 Å². The topological polar surface area (TPSA) is 78.9 Å². The fraction of sp³-hybridized carbons (Fsp3) is 0.807. The Bertz CT molecular complexity index is 1110. The van der Waals surface area contributed by atoms with Crippen LogP contribution in [0.3, 0.4) is 0 Å². The van der Waals surface area contributed by atoms with Gasteiger partial charge in [0.2, 0.25) is 0 Å². The summed E-state index contributed by atoms with van der Waals surface area (Å²) >= 11 is 0. The molecule has 0 radical (unpaired) electrons. The molecule has 0 aromatic rings. The van der Waals surface area contributed by atoms with Crippen LogP contribution in [0.2, 0.25) is 0 Å². The number of hydrogen-bond acceptors (Lipinski definition) is 6. The van der Waals surface area contributed by atoms with Crippen molar-refractivity contribution in [3.8, 4) is 0 Å². The van der Waals surface area contributed by atoms with Crippen LogP contribution >= 0.6 is 0 Å². The van der Waals surface area contributed by atoms with E-state index in [1.807, 2.05) is 0 Å². The second kappa shape index (κ2) is 52.0. The number of allylic oxidation sites excluding steroid dienone is 8. The molecule has 1 unspecified atom stereocenters. The summed E-state index contributed by atoms with van der Waals surface area (Å²) in [6.45, 7) is 6.51. The monoisotopic (exact) mass is 883 g/mol. The third-order valence-electron chi connectivity index (χ3n) is 11.8. The van der Waals surface area contributed by atoms with Crippen molar-refractivity contribution in [2.75, 3.05) is 13.2 Å². The minimum absolute atomic E-state index is 0.0832. The zero-order chi connectivity index (χ0) is 45.8. The molecule has 0 N–H and O–H groups in total. The van der Waals surface area contributed by atoms with Gasteiger partial charge in [0.1, 0.15) is 13.2 Å². The van der Waals surface area contributed by atoms with E-state index in [1.54, 1.807) is 0 Å². The summed E-state index contributed by atoms with van der Waals surface area (Å²) in [5.41, 5.74) is 0. The van der Waals surface area contributed by atoms with Gasteiger partial charge in [0, 0.05) is 19.3 Å². The summed E-state index contributed by atoms with van der Waals surface area (Å²) in [6, 6.07) is 0. The lowest BCUT2D eigenvalue weighted by Gasteiger charge is -2.18. The highest BCUT2D eigenvalue weighted by Crippen LogP contribution is 2.16. The number of ether oxygens (including phenoxy) is 3. The van der Waals surface area contributed by atoms with Gasteiger partial charge in [-0.25, -0.2) is 0 Å².